The number of nitrogens with zero attached hydrogens (tertiary/aromatic N) is 1. The van der Waals surface area contributed by atoms with E-state index in [1.165, 1.54) is 6.26 Å². The third-order valence-corrected chi connectivity index (χ3v) is 5.53. The van der Waals surface area contributed by atoms with E-state index < -0.39 is 10.0 Å². The van der Waals surface area contributed by atoms with Crippen molar-refractivity contribution in [2.75, 3.05) is 6.26 Å². The molecule has 2 fully saturated rings. The molecule has 2 aliphatic heterocycles. The highest BCUT2D eigenvalue weighted by Crippen LogP contribution is 2.37. The molecule has 2 aliphatic rings. The first-order valence-electron chi connectivity index (χ1n) is 7.19. The Morgan fingerprint density at radius 3 is 2.32 bits per heavy atom. The Labute approximate surface area is 115 Å². The highest BCUT2D eigenvalue weighted by Gasteiger charge is 2.45. The molecule has 1 N–H and O–H groups in total. The second-order valence-electron chi connectivity index (χ2n) is 5.82. The molecule has 5 nitrogen and oxygen atoms in total. The molecule has 2 heterocycles. The van der Waals surface area contributed by atoms with Crippen LogP contribution < -0.4 is 5.32 Å². The van der Waals surface area contributed by atoms with Gasteiger partial charge in [-0.05, 0) is 32.1 Å². The number of carbonyl (C=O) groups excluding carboxylic acids is 1. The largest absolute Gasteiger partial charge is 0.353 e. The second-order valence-corrected chi connectivity index (χ2v) is 7.70. The molecular weight excluding hydrogens is 264 g/mol. The van der Waals surface area contributed by atoms with Gasteiger partial charge in [-0.15, -0.1) is 0 Å². The lowest BCUT2D eigenvalue weighted by Crippen LogP contribution is -2.52. The van der Waals surface area contributed by atoms with Crippen molar-refractivity contribution in [3.8, 4) is 0 Å². The molecule has 2 saturated heterocycles. The molecule has 0 aliphatic carbocycles. The van der Waals surface area contributed by atoms with Crippen LogP contribution in [0.15, 0.2) is 0 Å². The van der Waals surface area contributed by atoms with Crippen molar-refractivity contribution in [3.05, 3.63) is 0 Å². The SMILES string of the molecule is CCCCC(=O)NC1CC2CCC(C1)N2S(C)(=O)=O. The third kappa shape index (κ3) is 3.48. The lowest BCUT2D eigenvalue weighted by Gasteiger charge is -2.37. The van der Waals surface area contributed by atoms with E-state index in [0.29, 0.717) is 6.42 Å². The van der Waals surface area contributed by atoms with Crippen LogP contribution in [0.1, 0.15) is 51.9 Å². The number of piperidine rings is 1. The average molecular weight is 288 g/mol. The van der Waals surface area contributed by atoms with Crippen LogP contribution in [0.5, 0.6) is 0 Å². The topological polar surface area (TPSA) is 66.5 Å². The van der Waals surface area contributed by atoms with E-state index in [0.717, 1.165) is 38.5 Å². The van der Waals surface area contributed by atoms with Gasteiger partial charge in [0, 0.05) is 24.5 Å². The summed E-state index contributed by atoms with van der Waals surface area (Å²) in [6, 6.07) is 0.329. The maximum Gasteiger partial charge on any atom is 0.220 e. The monoisotopic (exact) mass is 288 g/mol. The van der Waals surface area contributed by atoms with Gasteiger partial charge in [-0.25, -0.2) is 8.42 Å². The van der Waals surface area contributed by atoms with Crippen LogP contribution in [-0.2, 0) is 14.8 Å². The fourth-order valence-electron chi connectivity index (χ4n) is 3.43. The van der Waals surface area contributed by atoms with Gasteiger partial charge in [-0.1, -0.05) is 13.3 Å². The van der Waals surface area contributed by atoms with Crippen molar-refractivity contribution in [2.24, 2.45) is 0 Å². The number of rotatable bonds is 5. The molecule has 2 rings (SSSR count). The number of nitrogens with one attached hydrogen (secondary N) is 1. The van der Waals surface area contributed by atoms with Gasteiger partial charge in [0.1, 0.15) is 0 Å². The highest BCUT2D eigenvalue weighted by molar-refractivity contribution is 7.88. The normalized spacial score (nSPS) is 31.4. The number of sulfonamides is 1. The minimum absolute atomic E-state index is 0.0882. The Morgan fingerprint density at radius 1 is 1.26 bits per heavy atom. The molecule has 2 bridgehead atoms. The van der Waals surface area contributed by atoms with E-state index in [2.05, 4.69) is 12.2 Å². The lowest BCUT2D eigenvalue weighted by molar-refractivity contribution is -0.122. The molecular formula is C13H24N2O3S. The number of hydrogen-bond donors (Lipinski definition) is 1. The van der Waals surface area contributed by atoms with Crippen LogP contribution in [0.25, 0.3) is 0 Å². The van der Waals surface area contributed by atoms with Gasteiger partial charge in [0.25, 0.3) is 0 Å². The zero-order valence-electron chi connectivity index (χ0n) is 11.8. The van der Waals surface area contributed by atoms with Crippen molar-refractivity contribution in [3.63, 3.8) is 0 Å². The molecule has 2 unspecified atom stereocenters. The first-order chi connectivity index (χ1) is 8.91. The van der Waals surface area contributed by atoms with Gasteiger partial charge in [-0.2, -0.15) is 4.31 Å². The van der Waals surface area contributed by atoms with E-state index >= 15 is 0 Å². The Balaban J connectivity index is 1.92. The molecule has 2 atom stereocenters. The summed E-state index contributed by atoms with van der Waals surface area (Å²) in [6.07, 6.45) is 7.20. The fourth-order valence-corrected chi connectivity index (χ4v) is 4.90. The molecule has 0 aromatic rings. The molecule has 1 amide bonds. The summed E-state index contributed by atoms with van der Waals surface area (Å²) in [5.74, 6) is 0.110. The zero-order valence-corrected chi connectivity index (χ0v) is 12.6. The first-order valence-corrected chi connectivity index (χ1v) is 9.04. The van der Waals surface area contributed by atoms with Gasteiger partial charge in [0.15, 0.2) is 0 Å². The summed E-state index contributed by atoms with van der Waals surface area (Å²) in [6.45, 7) is 2.07. The van der Waals surface area contributed by atoms with Crippen LogP contribution in [0.3, 0.4) is 0 Å². The first kappa shape index (κ1) is 14.8. The Kier molecular flexibility index (Phi) is 4.50. The second kappa shape index (κ2) is 5.79. The molecule has 6 heteroatoms. The predicted octanol–water partition coefficient (Wildman–Crippen LogP) is 1.25. The summed E-state index contributed by atoms with van der Waals surface area (Å²) in [5.41, 5.74) is 0. The molecule has 0 spiro atoms. The summed E-state index contributed by atoms with van der Waals surface area (Å²) >= 11 is 0. The van der Waals surface area contributed by atoms with Crippen molar-refractivity contribution < 1.29 is 13.2 Å². The van der Waals surface area contributed by atoms with Crippen molar-refractivity contribution in [2.45, 2.75) is 70.0 Å². The third-order valence-electron chi connectivity index (χ3n) is 4.17. The van der Waals surface area contributed by atoms with Crippen LogP contribution in [0.2, 0.25) is 0 Å². The Bertz CT molecular complexity index is 421. The van der Waals surface area contributed by atoms with Gasteiger partial charge in [0.2, 0.25) is 15.9 Å². The number of hydrogen-bond acceptors (Lipinski definition) is 3. The van der Waals surface area contributed by atoms with E-state index in [1.807, 2.05) is 0 Å². The van der Waals surface area contributed by atoms with Crippen LogP contribution in [-0.4, -0.2) is 43.0 Å². The minimum Gasteiger partial charge on any atom is -0.353 e. The summed E-state index contributed by atoms with van der Waals surface area (Å²) in [5, 5.41) is 3.07. The van der Waals surface area contributed by atoms with Gasteiger partial charge in [0.05, 0.1) is 6.26 Å². The predicted molar refractivity (Wildman–Crippen MR) is 74.2 cm³/mol. The quantitative estimate of drug-likeness (QED) is 0.828. The summed E-state index contributed by atoms with van der Waals surface area (Å²) < 4.78 is 25.2. The summed E-state index contributed by atoms with van der Waals surface area (Å²) in [7, 11) is -3.11. The van der Waals surface area contributed by atoms with Crippen molar-refractivity contribution >= 4 is 15.9 Å². The molecule has 0 aromatic carbocycles. The number of carbonyl (C=O) groups is 1. The zero-order chi connectivity index (χ0) is 14.0. The molecule has 0 radical (unpaired) electrons. The Hall–Kier alpha value is -0.620. The smallest absolute Gasteiger partial charge is 0.220 e. The van der Waals surface area contributed by atoms with Gasteiger partial charge < -0.3 is 5.32 Å². The minimum atomic E-state index is -3.11. The van der Waals surface area contributed by atoms with Crippen molar-refractivity contribution in [1.82, 2.24) is 9.62 Å². The van der Waals surface area contributed by atoms with E-state index in [4.69, 9.17) is 0 Å². The number of fused-ring (bicyclic) bond motifs is 2. The molecule has 19 heavy (non-hydrogen) atoms. The average Bonchev–Trinajstić information content (AvgIpc) is 2.59. The molecule has 110 valence electrons. The van der Waals surface area contributed by atoms with E-state index in [1.54, 1.807) is 4.31 Å². The van der Waals surface area contributed by atoms with Gasteiger partial charge >= 0.3 is 0 Å². The van der Waals surface area contributed by atoms with Crippen LogP contribution in [0.4, 0.5) is 0 Å². The summed E-state index contributed by atoms with van der Waals surface area (Å²) in [4.78, 5) is 11.7. The highest BCUT2D eigenvalue weighted by atomic mass is 32.2. The Morgan fingerprint density at radius 2 is 1.84 bits per heavy atom. The molecule has 0 saturated carbocycles. The van der Waals surface area contributed by atoms with Crippen LogP contribution in [0, 0.1) is 0 Å². The molecule has 0 aromatic heterocycles. The van der Waals surface area contributed by atoms with Crippen LogP contribution >= 0.6 is 0 Å². The number of amides is 1. The van der Waals surface area contributed by atoms with Crippen molar-refractivity contribution in [1.29, 1.82) is 0 Å². The maximum atomic E-state index is 11.8. The lowest BCUT2D eigenvalue weighted by atomic mass is 9.99. The maximum absolute atomic E-state index is 11.8. The number of unbranched alkanes of at least 4 members (excludes halogenated alkanes) is 1. The standard InChI is InChI=1S/C13H24N2O3S/c1-3-4-5-13(16)14-10-8-11-6-7-12(9-10)15(11)19(2,17)18/h10-12H,3-9H2,1-2H3,(H,14,16). The van der Waals surface area contributed by atoms with E-state index in [-0.39, 0.29) is 24.0 Å². The van der Waals surface area contributed by atoms with E-state index in [9.17, 15) is 13.2 Å². The van der Waals surface area contributed by atoms with Gasteiger partial charge in [-0.3, -0.25) is 4.79 Å². The fraction of sp³-hybridized carbons (Fsp3) is 0.923.